The van der Waals surface area contributed by atoms with Crippen molar-refractivity contribution in [2.24, 2.45) is 0 Å². The fraction of sp³-hybridized carbons (Fsp3) is 0.200. The number of aliphatic hydroxyl groups is 1. The number of carbonyl (C=O) groups excluding carboxylic acids is 2. The van der Waals surface area contributed by atoms with E-state index in [0.717, 1.165) is 36.3 Å². The van der Waals surface area contributed by atoms with Crippen molar-refractivity contribution in [2.75, 3.05) is 18.9 Å². The maximum absolute atomic E-state index is 12.9. The van der Waals surface area contributed by atoms with Crippen molar-refractivity contribution in [1.82, 2.24) is 10.2 Å². The number of anilines is 1. The van der Waals surface area contributed by atoms with Gasteiger partial charge in [-0.3, -0.25) is 9.59 Å². The molecule has 0 fully saturated rings. The van der Waals surface area contributed by atoms with Crippen LogP contribution in [0.3, 0.4) is 0 Å². The van der Waals surface area contributed by atoms with Crippen molar-refractivity contribution in [3.05, 3.63) is 112 Å². The van der Waals surface area contributed by atoms with E-state index in [2.05, 4.69) is 34.7 Å². The molecule has 1 aliphatic rings. The first-order valence-electron chi connectivity index (χ1n) is 12.3. The van der Waals surface area contributed by atoms with Gasteiger partial charge in [0.15, 0.2) is 0 Å². The maximum atomic E-state index is 12.9. The predicted octanol–water partition coefficient (Wildman–Crippen LogP) is 4.61. The highest BCUT2D eigenvalue weighted by Crippen LogP contribution is 2.24. The summed E-state index contributed by atoms with van der Waals surface area (Å²) in [4.78, 5) is 27.8. The minimum absolute atomic E-state index is 0.158. The van der Waals surface area contributed by atoms with Crippen molar-refractivity contribution in [3.8, 4) is 11.3 Å². The van der Waals surface area contributed by atoms with Crippen LogP contribution in [-0.4, -0.2) is 35.4 Å². The Kier molecular flexibility index (Phi) is 7.16. The lowest BCUT2D eigenvalue weighted by Gasteiger charge is -2.25. The molecule has 5 rings (SSSR count). The number of amides is 2. The average molecular weight is 496 g/mol. The third-order valence-electron chi connectivity index (χ3n) is 6.56. The van der Waals surface area contributed by atoms with Gasteiger partial charge in [-0.05, 0) is 78.7 Å². The van der Waals surface area contributed by atoms with Crippen molar-refractivity contribution >= 4 is 17.5 Å². The molecule has 0 bridgehead atoms. The third-order valence-corrected chi connectivity index (χ3v) is 6.56. The van der Waals surface area contributed by atoms with Crippen LogP contribution >= 0.6 is 0 Å². The minimum atomic E-state index is -0.212. The van der Waals surface area contributed by atoms with Gasteiger partial charge in [0.1, 0.15) is 18.1 Å². The molecule has 0 spiro atoms. The van der Waals surface area contributed by atoms with Gasteiger partial charge in [0.25, 0.3) is 11.8 Å². The number of nitrogens with one attached hydrogen (secondary N) is 2. The van der Waals surface area contributed by atoms with E-state index in [-0.39, 0.29) is 18.4 Å². The number of hydrogen-bond donors (Lipinski definition) is 3. The Morgan fingerprint density at radius 3 is 2.54 bits per heavy atom. The summed E-state index contributed by atoms with van der Waals surface area (Å²) in [5, 5.41) is 15.1. The zero-order chi connectivity index (χ0) is 25.8. The fourth-order valence-corrected chi connectivity index (χ4v) is 4.49. The second kappa shape index (κ2) is 10.8. The van der Waals surface area contributed by atoms with Gasteiger partial charge < -0.3 is 25.1 Å². The molecule has 0 atom stereocenters. The van der Waals surface area contributed by atoms with Crippen molar-refractivity contribution in [3.63, 3.8) is 0 Å². The van der Waals surface area contributed by atoms with E-state index in [0.29, 0.717) is 29.2 Å². The van der Waals surface area contributed by atoms with Crippen LogP contribution in [0, 0.1) is 0 Å². The lowest BCUT2D eigenvalue weighted by atomic mass is 9.99. The number of aliphatic hydroxyl groups excluding tert-OH is 1. The van der Waals surface area contributed by atoms with Crippen LogP contribution in [0.4, 0.5) is 5.69 Å². The van der Waals surface area contributed by atoms with Crippen LogP contribution in [0.25, 0.3) is 11.3 Å². The second-order valence-electron chi connectivity index (χ2n) is 9.31. The first-order valence-corrected chi connectivity index (χ1v) is 12.3. The van der Waals surface area contributed by atoms with Crippen molar-refractivity contribution in [2.45, 2.75) is 26.1 Å². The van der Waals surface area contributed by atoms with Gasteiger partial charge in [-0.1, -0.05) is 30.3 Å². The number of fused-ring (bicyclic) bond motifs is 1. The number of hydrogen-bond acceptors (Lipinski definition) is 5. The average Bonchev–Trinajstić information content (AvgIpc) is 3.41. The molecule has 1 aliphatic heterocycles. The molecule has 0 aliphatic carbocycles. The Bertz CT molecular complexity index is 1430. The van der Waals surface area contributed by atoms with E-state index in [9.17, 15) is 9.59 Å². The van der Waals surface area contributed by atoms with E-state index >= 15 is 0 Å². The van der Waals surface area contributed by atoms with Gasteiger partial charge in [0, 0.05) is 42.0 Å². The summed E-state index contributed by atoms with van der Waals surface area (Å²) >= 11 is 0. The predicted molar refractivity (Wildman–Crippen MR) is 142 cm³/mol. The summed E-state index contributed by atoms with van der Waals surface area (Å²) in [6.07, 6.45) is 1.02. The Morgan fingerprint density at radius 1 is 0.919 bits per heavy atom. The molecule has 3 aromatic carbocycles. The Balaban J connectivity index is 1.19. The molecule has 7 nitrogen and oxygen atoms in total. The molecule has 2 heterocycles. The van der Waals surface area contributed by atoms with Gasteiger partial charge in [0.2, 0.25) is 0 Å². The van der Waals surface area contributed by atoms with Crippen LogP contribution in [0.15, 0.2) is 83.3 Å². The topological polar surface area (TPSA) is 94.8 Å². The van der Waals surface area contributed by atoms with Gasteiger partial charge >= 0.3 is 0 Å². The second-order valence-corrected chi connectivity index (χ2v) is 9.31. The molecule has 3 N–H and O–H groups in total. The number of rotatable bonds is 7. The highest BCUT2D eigenvalue weighted by atomic mass is 16.4. The summed E-state index contributed by atoms with van der Waals surface area (Å²) in [5.74, 6) is 0.725. The molecule has 0 saturated heterocycles. The van der Waals surface area contributed by atoms with E-state index < -0.39 is 0 Å². The van der Waals surface area contributed by atoms with E-state index in [1.807, 2.05) is 18.2 Å². The maximum Gasteiger partial charge on any atom is 0.255 e. The largest absolute Gasteiger partial charge is 0.459 e. The molecule has 37 heavy (non-hydrogen) atoms. The van der Waals surface area contributed by atoms with Crippen molar-refractivity contribution in [1.29, 1.82) is 0 Å². The minimum Gasteiger partial charge on any atom is -0.459 e. The zero-order valence-corrected chi connectivity index (χ0v) is 20.7. The van der Waals surface area contributed by atoms with Gasteiger partial charge in [-0.25, -0.2) is 0 Å². The summed E-state index contributed by atoms with van der Waals surface area (Å²) in [7, 11) is 2.10. The summed E-state index contributed by atoms with van der Waals surface area (Å²) in [6, 6.07) is 23.9. The van der Waals surface area contributed by atoms with Crippen LogP contribution in [0.1, 0.15) is 43.2 Å². The van der Waals surface area contributed by atoms with E-state index in [4.69, 9.17) is 9.52 Å². The van der Waals surface area contributed by atoms with Crippen LogP contribution in [0.2, 0.25) is 0 Å². The molecule has 0 saturated carbocycles. The SMILES string of the molecule is CN1CCc2ccc(NC(=O)c3cccc(CNC(=O)c4ccc(-c5ccc(CO)o5)cc4)c3)cc2C1. The quantitative estimate of drug-likeness (QED) is 0.348. The smallest absolute Gasteiger partial charge is 0.255 e. The lowest BCUT2D eigenvalue weighted by molar-refractivity contribution is 0.0950. The molecule has 188 valence electrons. The number of carbonyl (C=O) groups is 2. The van der Waals surface area contributed by atoms with Crippen molar-refractivity contribution < 1.29 is 19.1 Å². The van der Waals surface area contributed by atoms with E-state index in [1.165, 1.54) is 11.1 Å². The van der Waals surface area contributed by atoms with Gasteiger partial charge in [-0.2, -0.15) is 0 Å². The molecular weight excluding hydrogens is 466 g/mol. The summed E-state index contributed by atoms with van der Waals surface area (Å²) in [5.41, 5.74) is 6.06. The summed E-state index contributed by atoms with van der Waals surface area (Å²) in [6.45, 7) is 2.06. The van der Waals surface area contributed by atoms with Gasteiger partial charge in [-0.15, -0.1) is 0 Å². The molecule has 1 aromatic heterocycles. The van der Waals surface area contributed by atoms with Crippen LogP contribution in [-0.2, 0) is 26.1 Å². The molecular formula is C30H29N3O4. The number of likely N-dealkylation sites (N-methyl/N-ethyl adjacent to an activating group) is 1. The molecule has 0 unspecified atom stereocenters. The zero-order valence-electron chi connectivity index (χ0n) is 20.7. The lowest BCUT2D eigenvalue weighted by Crippen LogP contribution is -2.26. The van der Waals surface area contributed by atoms with Crippen LogP contribution in [0.5, 0.6) is 0 Å². The highest BCUT2D eigenvalue weighted by Gasteiger charge is 2.15. The molecule has 2 amide bonds. The Morgan fingerprint density at radius 2 is 1.76 bits per heavy atom. The number of nitrogens with zero attached hydrogens (tertiary/aromatic N) is 1. The first-order chi connectivity index (χ1) is 18.0. The Labute approximate surface area is 215 Å². The fourth-order valence-electron chi connectivity index (χ4n) is 4.49. The Hall–Kier alpha value is -4.20. The number of benzene rings is 3. The standard InChI is InChI=1S/C30H29N3O4/c1-33-14-13-21-9-10-26(16-25(21)18-33)32-30(36)24-4-2-3-20(15-24)17-31-29(35)23-7-5-22(6-8-23)28-12-11-27(19-34)37-28/h2-12,15-16,34H,13-14,17-19H2,1H3,(H,31,35)(H,32,36). The normalized spacial score (nSPS) is 13.1. The summed E-state index contributed by atoms with van der Waals surface area (Å²) < 4.78 is 5.54. The first kappa shape index (κ1) is 24.5. The molecule has 4 aromatic rings. The highest BCUT2D eigenvalue weighted by molar-refractivity contribution is 6.04. The molecule has 0 radical (unpaired) electrons. The third kappa shape index (κ3) is 5.80. The van der Waals surface area contributed by atoms with Gasteiger partial charge in [0.05, 0.1) is 0 Å². The molecule has 7 heteroatoms. The number of furan rings is 1. The van der Waals surface area contributed by atoms with E-state index in [1.54, 1.807) is 48.5 Å². The monoisotopic (exact) mass is 495 g/mol. The van der Waals surface area contributed by atoms with Crippen LogP contribution < -0.4 is 10.6 Å².